The van der Waals surface area contributed by atoms with E-state index in [1.165, 1.54) is 0 Å². The second kappa shape index (κ2) is 4.70. The van der Waals surface area contributed by atoms with Crippen LogP contribution in [0.4, 0.5) is 5.69 Å². The highest BCUT2D eigenvalue weighted by molar-refractivity contribution is 5.94. The summed E-state index contributed by atoms with van der Waals surface area (Å²) in [5.74, 6) is 0.144. The minimum atomic E-state index is 0.0718. The van der Waals surface area contributed by atoms with Gasteiger partial charge in [-0.25, -0.2) is 0 Å². The van der Waals surface area contributed by atoms with Crippen LogP contribution in [0.25, 0.3) is 11.0 Å². The number of hydrogen-bond acceptors (Lipinski definition) is 4. The molecule has 0 radical (unpaired) electrons. The normalized spacial score (nSPS) is 19.0. The van der Waals surface area contributed by atoms with Crippen molar-refractivity contribution in [2.45, 2.75) is 6.42 Å². The Balaban J connectivity index is 1.79. The SMILES string of the molecule is O=C(Nc1ccc2nccnc2c1)C1CCNC1. The van der Waals surface area contributed by atoms with Crippen molar-refractivity contribution < 1.29 is 4.79 Å². The molecule has 3 rings (SSSR count). The zero-order valence-corrected chi connectivity index (χ0v) is 9.89. The van der Waals surface area contributed by atoms with Gasteiger partial charge in [-0.1, -0.05) is 0 Å². The van der Waals surface area contributed by atoms with Crippen molar-refractivity contribution in [1.29, 1.82) is 0 Å². The first-order valence-corrected chi connectivity index (χ1v) is 6.05. The van der Waals surface area contributed by atoms with E-state index in [1.54, 1.807) is 12.4 Å². The van der Waals surface area contributed by atoms with Gasteiger partial charge >= 0.3 is 0 Å². The Hall–Kier alpha value is -2.01. The van der Waals surface area contributed by atoms with E-state index in [4.69, 9.17) is 0 Å². The van der Waals surface area contributed by atoms with Crippen molar-refractivity contribution in [3.63, 3.8) is 0 Å². The monoisotopic (exact) mass is 242 g/mol. The van der Waals surface area contributed by atoms with E-state index in [1.807, 2.05) is 18.2 Å². The molecule has 18 heavy (non-hydrogen) atoms. The fourth-order valence-electron chi connectivity index (χ4n) is 2.16. The summed E-state index contributed by atoms with van der Waals surface area (Å²) in [5.41, 5.74) is 2.40. The van der Waals surface area contributed by atoms with Crippen LogP contribution in [0.15, 0.2) is 30.6 Å². The highest BCUT2D eigenvalue weighted by Gasteiger charge is 2.22. The zero-order chi connectivity index (χ0) is 12.4. The highest BCUT2D eigenvalue weighted by Crippen LogP contribution is 2.17. The van der Waals surface area contributed by atoms with Gasteiger partial charge in [0.15, 0.2) is 0 Å². The molecule has 1 aliphatic heterocycles. The summed E-state index contributed by atoms with van der Waals surface area (Å²) < 4.78 is 0. The maximum Gasteiger partial charge on any atom is 0.228 e. The number of fused-ring (bicyclic) bond motifs is 1. The molecule has 2 aromatic rings. The molecular weight excluding hydrogens is 228 g/mol. The molecule has 1 aromatic carbocycles. The van der Waals surface area contributed by atoms with Gasteiger partial charge in [0.2, 0.25) is 5.91 Å². The zero-order valence-electron chi connectivity index (χ0n) is 9.89. The summed E-state index contributed by atoms with van der Waals surface area (Å²) >= 11 is 0. The van der Waals surface area contributed by atoms with Crippen molar-refractivity contribution in [2.24, 2.45) is 5.92 Å². The van der Waals surface area contributed by atoms with Crippen molar-refractivity contribution in [3.05, 3.63) is 30.6 Å². The highest BCUT2D eigenvalue weighted by atomic mass is 16.1. The Labute approximate surface area is 105 Å². The molecule has 1 atom stereocenters. The number of nitrogens with one attached hydrogen (secondary N) is 2. The van der Waals surface area contributed by atoms with Gasteiger partial charge in [-0.2, -0.15) is 0 Å². The molecule has 5 heteroatoms. The lowest BCUT2D eigenvalue weighted by molar-refractivity contribution is -0.119. The van der Waals surface area contributed by atoms with E-state index in [0.29, 0.717) is 0 Å². The molecule has 0 aliphatic carbocycles. The van der Waals surface area contributed by atoms with Crippen LogP contribution in [0.3, 0.4) is 0 Å². The molecule has 2 heterocycles. The quantitative estimate of drug-likeness (QED) is 0.829. The second-order valence-electron chi connectivity index (χ2n) is 4.44. The van der Waals surface area contributed by atoms with Crippen LogP contribution < -0.4 is 10.6 Å². The predicted molar refractivity (Wildman–Crippen MR) is 69.1 cm³/mol. The largest absolute Gasteiger partial charge is 0.326 e. The lowest BCUT2D eigenvalue weighted by Gasteiger charge is -2.10. The maximum atomic E-state index is 12.0. The van der Waals surface area contributed by atoms with Gasteiger partial charge in [-0.05, 0) is 31.2 Å². The number of carbonyl (C=O) groups is 1. The molecule has 1 fully saturated rings. The predicted octanol–water partition coefficient (Wildman–Crippen LogP) is 1.18. The van der Waals surface area contributed by atoms with Gasteiger partial charge in [0.1, 0.15) is 0 Å². The summed E-state index contributed by atoms with van der Waals surface area (Å²) in [5, 5.41) is 6.11. The van der Waals surface area contributed by atoms with E-state index >= 15 is 0 Å². The van der Waals surface area contributed by atoms with E-state index in [-0.39, 0.29) is 11.8 Å². The Morgan fingerprint density at radius 3 is 2.89 bits per heavy atom. The first kappa shape index (κ1) is 11.1. The molecule has 2 N–H and O–H groups in total. The first-order valence-electron chi connectivity index (χ1n) is 6.05. The van der Waals surface area contributed by atoms with E-state index in [9.17, 15) is 4.79 Å². The van der Waals surface area contributed by atoms with Crippen LogP contribution in [0.1, 0.15) is 6.42 Å². The third-order valence-electron chi connectivity index (χ3n) is 3.17. The van der Waals surface area contributed by atoms with Crippen LogP contribution in [0, 0.1) is 5.92 Å². The van der Waals surface area contributed by atoms with Crippen LogP contribution in [0.2, 0.25) is 0 Å². The van der Waals surface area contributed by atoms with Crippen molar-refractivity contribution in [3.8, 4) is 0 Å². The number of nitrogens with zero attached hydrogens (tertiary/aromatic N) is 2. The van der Waals surface area contributed by atoms with Gasteiger partial charge in [0.25, 0.3) is 0 Å². The summed E-state index contributed by atoms with van der Waals surface area (Å²) in [7, 11) is 0. The van der Waals surface area contributed by atoms with Crippen LogP contribution in [-0.2, 0) is 4.79 Å². The number of carbonyl (C=O) groups excluding carboxylic acids is 1. The maximum absolute atomic E-state index is 12.0. The van der Waals surface area contributed by atoms with E-state index in [0.717, 1.165) is 36.2 Å². The average molecular weight is 242 g/mol. The molecular formula is C13H14N4O. The lowest BCUT2D eigenvalue weighted by Crippen LogP contribution is -2.24. The van der Waals surface area contributed by atoms with E-state index < -0.39 is 0 Å². The standard InChI is InChI=1S/C13H14N4O/c18-13(9-3-4-14-8-9)17-10-1-2-11-12(7-10)16-6-5-15-11/h1-2,5-7,9,14H,3-4,8H2,(H,17,18). The molecule has 1 amide bonds. The fraction of sp³-hybridized carbons (Fsp3) is 0.308. The van der Waals surface area contributed by atoms with Crippen LogP contribution >= 0.6 is 0 Å². The molecule has 0 bridgehead atoms. The molecule has 1 aliphatic rings. The minimum Gasteiger partial charge on any atom is -0.326 e. The Morgan fingerprint density at radius 2 is 2.11 bits per heavy atom. The first-order chi connectivity index (χ1) is 8.83. The molecule has 1 aromatic heterocycles. The third kappa shape index (κ3) is 2.17. The van der Waals surface area contributed by atoms with Crippen molar-refractivity contribution in [2.75, 3.05) is 18.4 Å². The number of amides is 1. The molecule has 1 unspecified atom stereocenters. The van der Waals surface area contributed by atoms with Crippen LogP contribution in [0.5, 0.6) is 0 Å². The number of aromatic nitrogens is 2. The number of benzene rings is 1. The van der Waals surface area contributed by atoms with Crippen molar-refractivity contribution >= 4 is 22.6 Å². The minimum absolute atomic E-state index is 0.0718. The summed E-state index contributed by atoms with van der Waals surface area (Å²) in [6, 6.07) is 5.57. The van der Waals surface area contributed by atoms with Gasteiger partial charge in [0.05, 0.1) is 17.0 Å². The van der Waals surface area contributed by atoms with Gasteiger partial charge in [-0.15, -0.1) is 0 Å². The summed E-state index contributed by atoms with van der Waals surface area (Å²) in [6.45, 7) is 1.68. The lowest BCUT2D eigenvalue weighted by atomic mass is 10.1. The average Bonchev–Trinajstić information content (AvgIpc) is 2.92. The topological polar surface area (TPSA) is 66.9 Å². The van der Waals surface area contributed by atoms with Gasteiger partial charge in [0, 0.05) is 24.6 Å². The number of hydrogen-bond donors (Lipinski definition) is 2. The van der Waals surface area contributed by atoms with Gasteiger partial charge < -0.3 is 10.6 Å². The van der Waals surface area contributed by atoms with Crippen molar-refractivity contribution in [1.82, 2.24) is 15.3 Å². The summed E-state index contributed by atoms with van der Waals surface area (Å²) in [6.07, 6.45) is 4.21. The molecule has 92 valence electrons. The third-order valence-corrected chi connectivity index (χ3v) is 3.17. The van der Waals surface area contributed by atoms with Gasteiger partial charge in [-0.3, -0.25) is 14.8 Å². The fourth-order valence-corrected chi connectivity index (χ4v) is 2.16. The second-order valence-corrected chi connectivity index (χ2v) is 4.44. The Bertz CT molecular complexity index is 578. The van der Waals surface area contributed by atoms with E-state index in [2.05, 4.69) is 20.6 Å². The molecule has 0 saturated carbocycles. The Kier molecular flexibility index (Phi) is 2.90. The smallest absolute Gasteiger partial charge is 0.228 e. The van der Waals surface area contributed by atoms with Crippen LogP contribution in [-0.4, -0.2) is 29.0 Å². The summed E-state index contributed by atoms with van der Waals surface area (Å²) in [4.78, 5) is 20.4. The molecule has 1 saturated heterocycles. The number of anilines is 1. The molecule has 0 spiro atoms. The Morgan fingerprint density at radius 1 is 1.28 bits per heavy atom. The molecule has 5 nitrogen and oxygen atoms in total. The number of rotatable bonds is 2.